The molecule has 0 aromatic carbocycles. The number of aryl methyl sites for hydroxylation is 2. The molecule has 3 aliphatic heterocycles. The van der Waals surface area contributed by atoms with Gasteiger partial charge in [0.25, 0.3) is 5.91 Å². The molecule has 0 N–H and O–H groups in total. The molecule has 3 aliphatic rings. The van der Waals surface area contributed by atoms with E-state index < -0.39 is 0 Å². The first-order valence-electron chi connectivity index (χ1n) is 9.77. The number of hydrogen-bond acceptors (Lipinski definition) is 5. The van der Waals surface area contributed by atoms with Gasteiger partial charge >= 0.3 is 6.03 Å². The molecular weight excluding hydrogens is 348 g/mol. The SMILES string of the molecule is Cc1noc(C)c1C(=O)N1CCC(N2C(=O)N(C)CC23CCOCC3)CC1. The van der Waals surface area contributed by atoms with Crippen LogP contribution in [0.4, 0.5) is 4.79 Å². The molecule has 4 heterocycles. The van der Waals surface area contributed by atoms with Gasteiger partial charge in [-0.15, -0.1) is 0 Å². The second-order valence-corrected chi connectivity index (χ2v) is 8.07. The molecule has 0 atom stereocenters. The van der Waals surface area contributed by atoms with Crippen molar-refractivity contribution in [2.45, 2.75) is 51.1 Å². The summed E-state index contributed by atoms with van der Waals surface area (Å²) in [7, 11) is 1.88. The van der Waals surface area contributed by atoms with E-state index in [4.69, 9.17) is 9.26 Å². The lowest BCUT2D eigenvalue weighted by Gasteiger charge is -2.46. The Bertz CT molecular complexity index is 713. The molecule has 27 heavy (non-hydrogen) atoms. The fraction of sp³-hybridized carbons (Fsp3) is 0.737. The van der Waals surface area contributed by atoms with Crippen LogP contribution in [-0.2, 0) is 4.74 Å². The van der Waals surface area contributed by atoms with Crippen molar-refractivity contribution in [2.75, 3.05) is 39.9 Å². The number of hydrogen-bond donors (Lipinski definition) is 0. The van der Waals surface area contributed by atoms with Crippen LogP contribution >= 0.6 is 0 Å². The van der Waals surface area contributed by atoms with Crippen molar-refractivity contribution in [3.63, 3.8) is 0 Å². The Morgan fingerprint density at radius 2 is 1.85 bits per heavy atom. The molecule has 0 unspecified atom stereocenters. The van der Waals surface area contributed by atoms with E-state index in [1.807, 2.05) is 16.8 Å². The number of aromatic nitrogens is 1. The van der Waals surface area contributed by atoms with E-state index in [-0.39, 0.29) is 23.5 Å². The molecule has 0 saturated carbocycles. The van der Waals surface area contributed by atoms with Crippen molar-refractivity contribution in [1.82, 2.24) is 19.9 Å². The molecule has 8 nitrogen and oxygen atoms in total. The smallest absolute Gasteiger partial charge is 0.320 e. The van der Waals surface area contributed by atoms with Gasteiger partial charge in [0.1, 0.15) is 11.3 Å². The molecule has 3 amide bonds. The van der Waals surface area contributed by atoms with Gasteiger partial charge in [0.2, 0.25) is 0 Å². The number of likely N-dealkylation sites (N-methyl/N-ethyl adjacent to an activating group) is 1. The summed E-state index contributed by atoms with van der Waals surface area (Å²) in [6, 6.07) is 0.293. The van der Waals surface area contributed by atoms with Crippen LogP contribution in [-0.4, -0.2) is 83.3 Å². The van der Waals surface area contributed by atoms with Crippen molar-refractivity contribution in [3.05, 3.63) is 17.0 Å². The fourth-order valence-corrected chi connectivity index (χ4v) is 4.94. The Morgan fingerprint density at radius 3 is 2.44 bits per heavy atom. The van der Waals surface area contributed by atoms with Crippen molar-refractivity contribution in [3.8, 4) is 0 Å². The maximum absolute atomic E-state index is 12.9. The molecule has 1 aromatic heterocycles. The lowest BCUT2D eigenvalue weighted by atomic mass is 9.86. The monoisotopic (exact) mass is 376 g/mol. The summed E-state index contributed by atoms with van der Waals surface area (Å²) in [5, 5.41) is 3.89. The van der Waals surface area contributed by atoms with E-state index in [9.17, 15) is 9.59 Å². The molecular formula is C19H28N4O4. The number of carbonyl (C=O) groups is 2. The van der Waals surface area contributed by atoms with Crippen LogP contribution in [0.5, 0.6) is 0 Å². The molecule has 4 rings (SSSR count). The maximum Gasteiger partial charge on any atom is 0.320 e. The highest BCUT2D eigenvalue weighted by Crippen LogP contribution is 2.38. The molecule has 3 saturated heterocycles. The van der Waals surface area contributed by atoms with Crippen molar-refractivity contribution >= 4 is 11.9 Å². The summed E-state index contributed by atoms with van der Waals surface area (Å²) in [6.45, 7) is 7.05. The zero-order valence-electron chi connectivity index (χ0n) is 16.4. The van der Waals surface area contributed by atoms with Gasteiger partial charge in [-0.2, -0.15) is 0 Å². The molecule has 148 valence electrons. The molecule has 3 fully saturated rings. The third-order valence-corrected chi connectivity index (χ3v) is 6.36. The van der Waals surface area contributed by atoms with Crippen LogP contribution in [0.25, 0.3) is 0 Å². The van der Waals surface area contributed by atoms with Gasteiger partial charge in [0.15, 0.2) is 0 Å². The quantitative estimate of drug-likeness (QED) is 0.787. The van der Waals surface area contributed by atoms with Crippen LogP contribution in [0.1, 0.15) is 47.5 Å². The standard InChI is InChI=1S/C19H28N4O4/c1-13-16(14(2)27-20-13)17(24)22-8-4-15(5-9-22)23-18(25)21(3)12-19(23)6-10-26-11-7-19/h15H,4-12H2,1-3H3. The van der Waals surface area contributed by atoms with E-state index in [0.29, 0.717) is 43.3 Å². The van der Waals surface area contributed by atoms with E-state index >= 15 is 0 Å². The summed E-state index contributed by atoms with van der Waals surface area (Å²) < 4.78 is 10.7. The number of ether oxygens (including phenoxy) is 1. The first-order valence-corrected chi connectivity index (χ1v) is 9.77. The van der Waals surface area contributed by atoms with Gasteiger partial charge in [-0.05, 0) is 39.5 Å². The molecule has 1 aromatic rings. The minimum atomic E-state index is -0.109. The zero-order valence-corrected chi connectivity index (χ0v) is 16.4. The summed E-state index contributed by atoms with van der Waals surface area (Å²) >= 11 is 0. The van der Waals surface area contributed by atoms with Crippen LogP contribution in [0.3, 0.4) is 0 Å². The van der Waals surface area contributed by atoms with Gasteiger partial charge in [0, 0.05) is 45.9 Å². The second kappa shape index (κ2) is 6.82. The minimum Gasteiger partial charge on any atom is -0.381 e. The van der Waals surface area contributed by atoms with E-state index in [1.54, 1.807) is 13.8 Å². The first-order chi connectivity index (χ1) is 12.9. The maximum atomic E-state index is 12.9. The number of rotatable bonds is 2. The highest BCUT2D eigenvalue weighted by molar-refractivity contribution is 5.96. The largest absolute Gasteiger partial charge is 0.381 e. The molecule has 8 heteroatoms. The summed E-state index contributed by atoms with van der Waals surface area (Å²) in [5.41, 5.74) is 1.10. The number of amides is 3. The third kappa shape index (κ3) is 2.99. The third-order valence-electron chi connectivity index (χ3n) is 6.36. The highest BCUT2D eigenvalue weighted by atomic mass is 16.5. The predicted octanol–water partition coefficient (Wildman–Crippen LogP) is 1.81. The first kappa shape index (κ1) is 18.3. The zero-order chi connectivity index (χ0) is 19.2. The second-order valence-electron chi connectivity index (χ2n) is 8.07. The summed E-state index contributed by atoms with van der Waals surface area (Å²) in [4.78, 5) is 31.6. The Kier molecular flexibility index (Phi) is 4.61. The fourth-order valence-electron chi connectivity index (χ4n) is 4.94. The Labute approximate surface area is 159 Å². The molecule has 0 bridgehead atoms. The Hall–Kier alpha value is -2.09. The lowest BCUT2D eigenvalue weighted by Crippen LogP contribution is -2.57. The van der Waals surface area contributed by atoms with Gasteiger partial charge in [0.05, 0.1) is 11.2 Å². The van der Waals surface area contributed by atoms with Gasteiger partial charge in [-0.25, -0.2) is 4.79 Å². The van der Waals surface area contributed by atoms with Crippen molar-refractivity contribution < 1.29 is 18.8 Å². The predicted molar refractivity (Wildman–Crippen MR) is 97.6 cm³/mol. The van der Waals surface area contributed by atoms with Gasteiger partial charge in [-0.1, -0.05) is 5.16 Å². The van der Waals surface area contributed by atoms with Crippen LogP contribution < -0.4 is 0 Å². The van der Waals surface area contributed by atoms with Gasteiger partial charge < -0.3 is 24.0 Å². The van der Waals surface area contributed by atoms with Gasteiger partial charge in [-0.3, -0.25) is 4.79 Å². The van der Waals surface area contributed by atoms with E-state index in [1.165, 1.54) is 0 Å². The Morgan fingerprint density at radius 1 is 1.19 bits per heavy atom. The minimum absolute atomic E-state index is 0.0182. The van der Waals surface area contributed by atoms with Crippen LogP contribution in [0.15, 0.2) is 4.52 Å². The highest BCUT2D eigenvalue weighted by Gasteiger charge is 2.52. The van der Waals surface area contributed by atoms with Crippen LogP contribution in [0, 0.1) is 13.8 Å². The van der Waals surface area contributed by atoms with Crippen LogP contribution in [0.2, 0.25) is 0 Å². The average molecular weight is 376 g/mol. The topological polar surface area (TPSA) is 79.1 Å². The summed E-state index contributed by atoms with van der Waals surface area (Å²) in [6.07, 6.45) is 3.39. The Balaban J connectivity index is 1.47. The lowest BCUT2D eigenvalue weighted by molar-refractivity contribution is -0.0151. The average Bonchev–Trinajstić information content (AvgIpc) is 3.11. The van der Waals surface area contributed by atoms with Crippen molar-refractivity contribution in [2.24, 2.45) is 0 Å². The molecule has 1 spiro atoms. The normalized spacial score (nSPS) is 23.5. The molecule has 0 aliphatic carbocycles. The van der Waals surface area contributed by atoms with E-state index in [2.05, 4.69) is 10.1 Å². The number of urea groups is 1. The number of nitrogens with zero attached hydrogens (tertiary/aromatic N) is 4. The number of carbonyl (C=O) groups excluding carboxylic acids is 2. The number of likely N-dealkylation sites (tertiary alicyclic amines) is 1. The summed E-state index contributed by atoms with van der Waals surface area (Å²) in [5.74, 6) is 0.549. The van der Waals surface area contributed by atoms with E-state index in [0.717, 1.165) is 32.2 Å². The van der Waals surface area contributed by atoms with Crippen molar-refractivity contribution in [1.29, 1.82) is 0 Å². The molecule has 0 radical (unpaired) electrons. The number of piperidine rings is 1.